The van der Waals surface area contributed by atoms with Gasteiger partial charge >= 0.3 is 5.97 Å². The molecule has 4 aromatic heterocycles. The van der Waals surface area contributed by atoms with Gasteiger partial charge in [0.05, 0.1) is 28.5 Å². The van der Waals surface area contributed by atoms with Gasteiger partial charge in [-0.25, -0.2) is 9.78 Å². The number of aliphatic carboxylic acids is 1. The molecule has 6 nitrogen and oxygen atoms in total. The highest BCUT2D eigenvalue weighted by molar-refractivity contribution is 7.24. The van der Waals surface area contributed by atoms with Crippen LogP contribution in [0.4, 0.5) is 0 Å². The predicted octanol–water partition coefficient (Wildman–Crippen LogP) is 9.10. The second-order valence-electron chi connectivity index (χ2n) is 12.4. The normalized spacial score (nSPS) is 12.7. The quantitative estimate of drug-likeness (QED) is 0.180. The minimum Gasteiger partial charge on any atom is -0.497 e. The molecule has 0 aliphatic rings. The monoisotopic (exact) mass is 697 g/mol. The van der Waals surface area contributed by atoms with Gasteiger partial charge in [0.25, 0.3) is 0 Å². The summed E-state index contributed by atoms with van der Waals surface area (Å²) in [4.78, 5) is 20.8. The van der Waals surface area contributed by atoms with Crippen molar-refractivity contribution in [1.82, 2.24) is 9.55 Å². The molecule has 0 spiro atoms. The zero-order valence-corrected chi connectivity index (χ0v) is 29.7. The van der Waals surface area contributed by atoms with Crippen molar-refractivity contribution in [3.05, 3.63) is 123 Å². The molecule has 0 amide bonds. The van der Waals surface area contributed by atoms with Crippen LogP contribution < -0.4 is 13.9 Å². The van der Waals surface area contributed by atoms with E-state index in [1.165, 1.54) is 27.2 Å². The summed E-state index contributed by atoms with van der Waals surface area (Å²) < 4.78 is 8.89. The van der Waals surface area contributed by atoms with Crippen LogP contribution in [0.15, 0.2) is 103 Å². The molecule has 0 saturated carbocycles. The molecule has 0 fully saturated rings. The van der Waals surface area contributed by atoms with Gasteiger partial charge in [-0.05, 0) is 66.2 Å². The summed E-state index contributed by atoms with van der Waals surface area (Å²) in [6.45, 7) is 6.12. The molecule has 4 heterocycles. The van der Waals surface area contributed by atoms with Gasteiger partial charge in [0.2, 0.25) is 0 Å². The van der Waals surface area contributed by atoms with Crippen LogP contribution in [0.1, 0.15) is 31.3 Å². The van der Waals surface area contributed by atoms with E-state index in [2.05, 4.69) is 101 Å². The van der Waals surface area contributed by atoms with Crippen molar-refractivity contribution in [3.63, 3.8) is 0 Å². The number of thiophene rings is 2. The molecule has 0 unspecified atom stereocenters. The summed E-state index contributed by atoms with van der Waals surface area (Å²) in [5.74, 6) is -0.453. The summed E-state index contributed by atoms with van der Waals surface area (Å²) in [5.41, 5.74) is 5.74. The number of methoxy groups -OCH3 is 1. The number of ether oxygens (including phenoxy) is 1. The van der Waals surface area contributed by atoms with Crippen LogP contribution in [0.25, 0.3) is 59.7 Å². The highest BCUT2D eigenvalue weighted by Gasteiger charge is 2.24. The minimum atomic E-state index is -1.27. The summed E-state index contributed by atoms with van der Waals surface area (Å²) in [5, 5.41) is 20.2. The number of aromatic nitrogens is 2. The van der Waals surface area contributed by atoms with Crippen molar-refractivity contribution >= 4 is 62.5 Å². The van der Waals surface area contributed by atoms with Gasteiger partial charge in [-0.1, -0.05) is 69.3 Å². The highest BCUT2D eigenvalue weighted by atomic mass is 32.1. The standard InChI is InChI=1S/C40H31N3O3S3/c1-40(2,3)37-34(49-38(42-37)29(23-41)39(44)45)22-27-18-19-31(47-27)32-20-21-33(48-32)35-28-12-8-9-13-30(28)43(25-14-16-26(46-4)17-15-25)36(35)24-10-6-5-7-11-24/h5-22H,1-4H3,(H,44,45)/b34-22?,38-29-. The zero-order chi connectivity index (χ0) is 34.3. The lowest BCUT2D eigenvalue weighted by molar-refractivity contribution is -0.130. The maximum absolute atomic E-state index is 11.7. The van der Waals surface area contributed by atoms with Gasteiger partial charge in [-0.3, -0.25) is 0 Å². The smallest absolute Gasteiger partial charge is 0.349 e. The van der Waals surface area contributed by atoms with Gasteiger partial charge in [0, 0.05) is 41.6 Å². The fourth-order valence-electron chi connectivity index (χ4n) is 5.92. The van der Waals surface area contributed by atoms with Crippen LogP contribution in [0, 0.1) is 11.3 Å². The Hall–Kier alpha value is -5.27. The first kappa shape index (κ1) is 32.3. The SMILES string of the molecule is COc1ccc(-n2c(-c3ccccc3)c(-c3ccc(-c4ccc(C=c5s/c(=C(/C#N)C(=O)O)nc5C(C)(C)C)s4)s3)c3ccccc32)cc1. The van der Waals surface area contributed by atoms with E-state index in [4.69, 9.17) is 4.74 Å². The molecule has 0 bridgehead atoms. The average Bonchev–Trinajstić information content (AvgIpc) is 3.90. The Kier molecular flexibility index (Phi) is 8.55. The number of fused-ring (bicyclic) bond motifs is 1. The zero-order valence-electron chi connectivity index (χ0n) is 27.2. The molecule has 9 heteroatoms. The van der Waals surface area contributed by atoms with Crippen molar-refractivity contribution < 1.29 is 14.6 Å². The Morgan fingerprint density at radius 2 is 1.53 bits per heavy atom. The van der Waals surface area contributed by atoms with E-state index in [0.717, 1.165) is 53.1 Å². The number of hydrogen-bond acceptors (Lipinski definition) is 7. The summed E-state index contributed by atoms with van der Waals surface area (Å²) in [7, 11) is 1.68. The maximum atomic E-state index is 11.7. The molecule has 7 aromatic rings. The molecule has 0 aliphatic carbocycles. The maximum Gasteiger partial charge on any atom is 0.349 e. The molecule has 49 heavy (non-hydrogen) atoms. The molecule has 1 N–H and O–H groups in total. The van der Waals surface area contributed by atoms with E-state index < -0.39 is 5.97 Å². The van der Waals surface area contributed by atoms with Crippen LogP contribution in [-0.2, 0) is 10.2 Å². The van der Waals surface area contributed by atoms with Gasteiger partial charge in [0.15, 0.2) is 5.57 Å². The second-order valence-corrected chi connectivity index (χ2v) is 15.7. The third-order valence-corrected chi connectivity index (χ3v) is 11.5. The summed E-state index contributed by atoms with van der Waals surface area (Å²) in [6, 6.07) is 37.7. The number of carboxylic acid groups (broad SMARTS) is 1. The fraction of sp³-hybridized carbons (Fsp3) is 0.125. The van der Waals surface area contributed by atoms with Crippen molar-refractivity contribution in [2.24, 2.45) is 0 Å². The third kappa shape index (κ3) is 6.11. The molecule has 7 rings (SSSR count). The Morgan fingerprint density at radius 1 is 0.857 bits per heavy atom. The molecular formula is C40H31N3O3S3. The second kappa shape index (κ2) is 13.0. The van der Waals surface area contributed by atoms with Crippen LogP contribution in [-0.4, -0.2) is 27.7 Å². The topological polar surface area (TPSA) is 88.1 Å². The van der Waals surface area contributed by atoms with E-state index >= 15 is 0 Å². The minimum absolute atomic E-state index is 0.230. The van der Waals surface area contributed by atoms with Crippen LogP contribution in [0.2, 0.25) is 0 Å². The molecule has 3 aromatic carbocycles. The number of carbonyl (C=O) groups is 1. The Balaban J connectivity index is 1.35. The highest BCUT2D eigenvalue weighted by Crippen LogP contribution is 2.47. The van der Waals surface area contributed by atoms with Crippen molar-refractivity contribution in [3.8, 4) is 49.0 Å². The lowest BCUT2D eigenvalue weighted by atomic mass is 9.92. The molecule has 0 aliphatic heterocycles. The summed E-state index contributed by atoms with van der Waals surface area (Å²) in [6.07, 6.45) is 2.05. The number of benzene rings is 3. The molecular weight excluding hydrogens is 667 g/mol. The average molecular weight is 698 g/mol. The number of rotatable bonds is 7. The number of thiazole rings is 1. The number of carboxylic acids is 1. The Bertz CT molecular complexity index is 2500. The molecule has 0 radical (unpaired) electrons. The lowest BCUT2D eigenvalue weighted by Gasteiger charge is -2.14. The van der Waals surface area contributed by atoms with Gasteiger partial charge in [-0.2, -0.15) is 5.26 Å². The number of nitrogens with zero attached hydrogens (tertiary/aromatic N) is 3. The van der Waals surface area contributed by atoms with Crippen molar-refractivity contribution in [2.75, 3.05) is 7.11 Å². The molecule has 242 valence electrons. The van der Waals surface area contributed by atoms with Gasteiger partial charge in [-0.15, -0.1) is 34.0 Å². The fourth-order valence-corrected chi connectivity index (χ4v) is 9.31. The van der Waals surface area contributed by atoms with Crippen LogP contribution >= 0.6 is 34.0 Å². The van der Waals surface area contributed by atoms with E-state index in [1.807, 2.05) is 39.0 Å². The molecule has 0 atom stereocenters. The van der Waals surface area contributed by atoms with E-state index in [0.29, 0.717) is 0 Å². The number of hydrogen-bond donors (Lipinski definition) is 1. The van der Waals surface area contributed by atoms with Crippen molar-refractivity contribution in [1.29, 1.82) is 5.26 Å². The van der Waals surface area contributed by atoms with Crippen molar-refractivity contribution in [2.45, 2.75) is 26.2 Å². The number of nitriles is 1. The Labute approximate surface area is 295 Å². The number of para-hydroxylation sites is 1. The largest absolute Gasteiger partial charge is 0.497 e. The molecule has 0 saturated heterocycles. The van der Waals surface area contributed by atoms with E-state index in [9.17, 15) is 15.2 Å². The van der Waals surface area contributed by atoms with Crippen LogP contribution in [0.5, 0.6) is 5.75 Å². The first-order valence-electron chi connectivity index (χ1n) is 15.6. The predicted molar refractivity (Wildman–Crippen MR) is 202 cm³/mol. The first-order chi connectivity index (χ1) is 23.7. The van der Waals surface area contributed by atoms with Gasteiger partial charge < -0.3 is 14.4 Å². The Morgan fingerprint density at radius 3 is 2.22 bits per heavy atom. The van der Waals surface area contributed by atoms with E-state index in [1.54, 1.807) is 35.9 Å². The first-order valence-corrected chi connectivity index (χ1v) is 18.0. The van der Waals surface area contributed by atoms with Gasteiger partial charge in [0.1, 0.15) is 16.5 Å². The summed E-state index contributed by atoms with van der Waals surface area (Å²) >= 11 is 4.69. The lowest BCUT2D eigenvalue weighted by Crippen LogP contribution is -2.21. The third-order valence-electron chi connectivity index (χ3n) is 8.15. The van der Waals surface area contributed by atoms with E-state index in [-0.39, 0.29) is 15.7 Å². The van der Waals surface area contributed by atoms with Crippen LogP contribution in [0.3, 0.4) is 0 Å².